The van der Waals surface area contributed by atoms with Crippen molar-refractivity contribution in [3.63, 3.8) is 0 Å². The summed E-state index contributed by atoms with van der Waals surface area (Å²) in [5.74, 6) is -0.721. The van der Waals surface area contributed by atoms with Gasteiger partial charge in [-0.1, -0.05) is 6.07 Å². The normalized spacial score (nSPS) is 19.7. The third kappa shape index (κ3) is 5.51. The smallest absolute Gasteiger partial charge is 0.261 e. The SMILES string of the molecule is Cc1c(Cc2ccc(C(=O)CCCN3CCCC3=O)c(F)c2)cc2c(=O)n([C@H]3CCOC[C@@H]3O)cnc2c1C. The van der Waals surface area contributed by atoms with Gasteiger partial charge in [0.1, 0.15) is 5.82 Å². The maximum atomic E-state index is 15.0. The molecule has 8 nitrogen and oxygen atoms in total. The Labute approximate surface area is 226 Å². The van der Waals surface area contributed by atoms with Crippen LogP contribution in [0.5, 0.6) is 0 Å². The van der Waals surface area contributed by atoms with Crippen molar-refractivity contribution in [3.05, 3.63) is 74.6 Å². The zero-order valence-corrected chi connectivity index (χ0v) is 22.4. The summed E-state index contributed by atoms with van der Waals surface area (Å²) in [4.78, 5) is 44.2. The Balaban J connectivity index is 1.35. The molecule has 0 unspecified atom stereocenters. The van der Waals surface area contributed by atoms with Crippen LogP contribution in [0.4, 0.5) is 4.39 Å². The van der Waals surface area contributed by atoms with Gasteiger partial charge in [0.25, 0.3) is 5.56 Å². The van der Waals surface area contributed by atoms with E-state index in [0.29, 0.717) is 55.3 Å². The van der Waals surface area contributed by atoms with Gasteiger partial charge >= 0.3 is 0 Å². The van der Waals surface area contributed by atoms with Gasteiger partial charge < -0.3 is 14.7 Å². The lowest BCUT2D eigenvalue weighted by molar-refractivity contribution is -0.127. The Bertz CT molecular complexity index is 1480. The number of carbonyl (C=O) groups is 2. The molecule has 2 aromatic carbocycles. The van der Waals surface area contributed by atoms with Crippen LogP contribution in [0.15, 0.2) is 35.4 Å². The van der Waals surface area contributed by atoms with Crippen molar-refractivity contribution in [1.29, 1.82) is 0 Å². The standard InChI is InChI=1S/C30H34FN3O5/c1-18-19(2)29-23(30(38)34(17-32-29)25-9-12-39-16-27(25)36)15-21(18)13-20-7-8-22(24(31)14-20)26(35)5-3-10-33-11-4-6-28(33)37/h7-8,14-15,17,25,27,36H,3-6,9-13,16H2,1-2H3/t25-,27-/m0/s1. The molecule has 0 radical (unpaired) electrons. The number of aliphatic hydroxyl groups is 1. The first-order chi connectivity index (χ1) is 18.7. The summed E-state index contributed by atoms with van der Waals surface area (Å²) in [6.45, 7) is 5.76. The largest absolute Gasteiger partial charge is 0.389 e. The molecule has 3 aromatic rings. The number of aliphatic hydroxyl groups excluding tert-OH is 1. The number of likely N-dealkylation sites (tertiary alicyclic amines) is 1. The van der Waals surface area contributed by atoms with Crippen molar-refractivity contribution in [1.82, 2.24) is 14.5 Å². The number of ether oxygens (including phenoxy) is 1. The van der Waals surface area contributed by atoms with E-state index in [1.165, 1.54) is 23.0 Å². The molecule has 3 heterocycles. The summed E-state index contributed by atoms with van der Waals surface area (Å²) in [6, 6.07) is 6.07. The molecule has 0 saturated carbocycles. The van der Waals surface area contributed by atoms with Gasteiger partial charge in [-0.15, -0.1) is 0 Å². The van der Waals surface area contributed by atoms with Crippen LogP contribution >= 0.6 is 0 Å². The van der Waals surface area contributed by atoms with Crippen LogP contribution in [-0.4, -0.2) is 63.7 Å². The second kappa shape index (κ2) is 11.4. The molecule has 39 heavy (non-hydrogen) atoms. The first-order valence-corrected chi connectivity index (χ1v) is 13.6. The first kappa shape index (κ1) is 27.1. The summed E-state index contributed by atoms with van der Waals surface area (Å²) >= 11 is 0. The van der Waals surface area contributed by atoms with E-state index in [1.807, 2.05) is 19.9 Å². The molecule has 5 rings (SSSR count). The number of carbonyl (C=O) groups excluding carboxylic acids is 2. The average molecular weight is 536 g/mol. The predicted molar refractivity (Wildman–Crippen MR) is 145 cm³/mol. The van der Waals surface area contributed by atoms with Gasteiger partial charge in [-0.3, -0.25) is 19.0 Å². The number of nitrogens with zero attached hydrogens (tertiary/aromatic N) is 3. The van der Waals surface area contributed by atoms with Gasteiger partial charge in [-0.25, -0.2) is 9.37 Å². The molecule has 0 bridgehead atoms. The van der Waals surface area contributed by atoms with Crippen LogP contribution in [-0.2, 0) is 16.0 Å². The molecular weight excluding hydrogens is 501 g/mol. The van der Waals surface area contributed by atoms with Crippen molar-refractivity contribution in [2.45, 2.75) is 64.5 Å². The zero-order chi connectivity index (χ0) is 27.7. The minimum Gasteiger partial charge on any atom is -0.389 e. The highest BCUT2D eigenvalue weighted by molar-refractivity contribution is 5.96. The lowest BCUT2D eigenvalue weighted by atomic mass is 9.93. The zero-order valence-electron chi connectivity index (χ0n) is 22.4. The van der Waals surface area contributed by atoms with E-state index in [9.17, 15) is 19.5 Å². The van der Waals surface area contributed by atoms with E-state index >= 15 is 4.39 Å². The minimum atomic E-state index is -0.784. The monoisotopic (exact) mass is 535 g/mol. The van der Waals surface area contributed by atoms with Crippen LogP contribution in [0.3, 0.4) is 0 Å². The van der Waals surface area contributed by atoms with Gasteiger partial charge in [0.2, 0.25) is 5.91 Å². The van der Waals surface area contributed by atoms with Gasteiger partial charge in [0.15, 0.2) is 5.78 Å². The highest BCUT2D eigenvalue weighted by atomic mass is 19.1. The molecule has 2 saturated heterocycles. The fourth-order valence-corrected chi connectivity index (χ4v) is 5.69. The molecule has 2 aliphatic heterocycles. The maximum Gasteiger partial charge on any atom is 0.261 e. The third-order valence-corrected chi connectivity index (χ3v) is 8.13. The number of rotatable bonds is 8. The lowest BCUT2D eigenvalue weighted by Gasteiger charge is -2.29. The number of fused-ring (bicyclic) bond motifs is 1. The first-order valence-electron chi connectivity index (χ1n) is 13.6. The molecule has 9 heteroatoms. The van der Waals surface area contributed by atoms with Gasteiger partial charge in [-0.2, -0.15) is 0 Å². The van der Waals surface area contributed by atoms with Gasteiger partial charge in [-0.05, 0) is 80.0 Å². The number of ketones is 1. The highest BCUT2D eigenvalue weighted by Crippen LogP contribution is 2.26. The number of Topliss-reactive ketones (excluding diaryl/α,β-unsaturated/α-hetero) is 1. The highest BCUT2D eigenvalue weighted by Gasteiger charge is 2.27. The molecule has 2 atom stereocenters. The quantitative estimate of drug-likeness (QED) is 0.442. The van der Waals surface area contributed by atoms with Crippen LogP contribution < -0.4 is 5.56 Å². The number of aromatic nitrogens is 2. The van der Waals surface area contributed by atoms with E-state index in [2.05, 4.69) is 4.98 Å². The second-order valence-electron chi connectivity index (χ2n) is 10.6. The maximum absolute atomic E-state index is 15.0. The summed E-state index contributed by atoms with van der Waals surface area (Å²) in [5, 5.41) is 10.8. The van der Waals surface area contributed by atoms with Crippen molar-refractivity contribution < 1.29 is 23.8 Å². The fourth-order valence-electron chi connectivity index (χ4n) is 5.69. The summed E-state index contributed by atoms with van der Waals surface area (Å²) < 4.78 is 21.8. The van der Waals surface area contributed by atoms with E-state index in [4.69, 9.17) is 4.74 Å². The molecule has 0 spiro atoms. The molecular formula is C30H34FN3O5. The predicted octanol–water partition coefficient (Wildman–Crippen LogP) is 3.65. The van der Waals surface area contributed by atoms with Gasteiger partial charge in [0.05, 0.1) is 41.5 Å². The Hall–Kier alpha value is -3.43. The van der Waals surface area contributed by atoms with Gasteiger partial charge in [0, 0.05) is 32.5 Å². The van der Waals surface area contributed by atoms with E-state index < -0.39 is 18.0 Å². The van der Waals surface area contributed by atoms with Crippen molar-refractivity contribution in [2.75, 3.05) is 26.3 Å². The number of aryl methyl sites for hydroxylation is 1. The molecule has 1 aromatic heterocycles. The average Bonchev–Trinajstić information content (AvgIpc) is 3.32. The van der Waals surface area contributed by atoms with Crippen LogP contribution in [0, 0.1) is 19.7 Å². The topological polar surface area (TPSA) is 102 Å². The van der Waals surface area contributed by atoms with Crippen LogP contribution in [0.1, 0.15) is 70.8 Å². The molecule has 1 amide bonds. The summed E-state index contributed by atoms with van der Waals surface area (Å²) in [7, 11) is 0. The molecule has 1 N–H and O–H groups in total. The van der Waals surface area contributed by atoms with Crippen molar-refractivity contribution in [3.8, 4) is 0 Å². The van der Waals surface area contributed by atoms with Crippen molar-refractivity contribution in [2.24, 2.45) is 0 Å². The third-order valence-electron chi connectivity index (χ3n) is 8.13. The lowest BCUT2D eigenvalue weighted by Crippen LogP contribution is -2.39. The Kier molecular flexibility index (Phi) is 7.91. The summed E-state index contributed by atoms with van der Waals surface area (Å²) in [5.41, 5.74) is 3.86. The molecule has 0 aliphatic carbocycles. The minimum absolute atomic E-state index is 0.0556. The second-order valence-corrected chi connectivity index (χ2v) is 10.6. The van der Waals surface area contributed by atoms with E-state index in [0.717, 1.165) is 29.7 Å². The van der Waals surface area contributed by atoms with E-state index in [-0.39, 0.29) is 35.8 Å². The number of hydrogen-bond donors (Lipinski definition) is 1. The number of hydrogen-bond acceptors (Lipinski definition) is 6. The summed E-state index contributed by atoms with van der Waals surface area (Å²) in [6.07, 6.45) is 3.74. The molecule has 2 aliphatic rings. The molecule has 2 fully saturated rings. The Morgan fingerprint density at radius 3 is 2.74 bits per heavy atom. The number of benzene rings is 2. The molecule has 206 valence electrons. The van der Waals surface area contributed by atoms with Crippen LogP contribution in [0.25, 0.3) is 10.9 Å². The Morgan fingerprint density at radius 1 is 1.21 bits per heavy atom. The van der Waals surface area contributed by atoms with Crippen LogP contribution in [0.2, 0.25) is 0 Å². The fraction of sp³-hybridized carbons (Fsp3) is 0.467. The number of halogens is 1. The van der Waals surface area contributed by atoms with E-state index in [1.54, 1.807) is 11.0 Å². The number of amides is 1. The Morgan fingerprint density at radius 2 is 2.03 bits per heavy atom. The van der Waals surface area contributed by atoms with Crippen molar-refractivity contribution >= 4 is 22.6 Å².